The summed E-state index contributed by atoms with van der Waals surface area (Å²) >= 11 is 6.02. The Morgan fingerprint density at radius 2 is 1.96 bits per heavy atom. The maximum Gasteiger partial charge on any atom is 0.317 e. The normalized spacial score (nSPS) is 16.8. The van der Waals surface area contributed by atoms with Crippen LogP contribution in [0.1, 0.15) is 28.2 Å². The molecule has 0 N–H and O–H groups in total. The standard InChI is InChI=1S/C18H20ClN3O3/c1-11-8-12(2)21-18(20-11)25-14-6-7-22(10-14)17(23)15-9-13(19)4-5-16(15)24-3/h4-5,8-9,14H,6-7,10H2,1-3H3. The molecule has 0 spiro atoms. The van der Waals surface area contributed by atoms with Crippen molar-refractivity contribution in [3.05, 3.63) is 46.2 Å². The maximum absolute atomic E-state index is 12.8. The molecule has 0 aliphatic carbocycles. The molecule has 1 aromatic carbocycles. The minimum absolute atomic E-state index is 0.119. The van der Waals surface area contributed by atoms with Crippen molar-refractivity contribution < 1.29 is 14.3 Å². The van der Waals surface area contributed by atoms with Crippen molar-refractivity contribution >= 4 is 17.5 Å². The summed E-state index contributed by atoms with van der Waals surface area (Å²) in [7, 11) is 1.54. The summed E-state index contributed by atoms with van der Waals surface area (Å²) in [5.74, 6) is 0.392. The topological polar surface area (TPSA) is 64.5 Å². The SMILES string of the molecule is COc1ccc(Cl)cc1C(=O)N1CCC(Oc2nc(C)cc(C)n2)C1. The number of hydrogen-bond donors (Lipinski definition) is 0. The first-order chi connectivity index (χ1) is 12.0. The molecule has 3 rings (SSSR count). The number of aryl methyl sites for hydroxylation is 2. The Kier molecular flexibility index (Phi) is 5.08. The van der Waals surface area contributed by atoms with Crippen molar-refractivity contribution in [1.29, 1.82) is 0 Å². The summed E-state index contributed by atoms with van der Waals surface area (Å²) < 4.78 is 11.1. The fourth-order valence-corrected chi connectivity index (χ4v) is 3.09. The molecule has 1 fully saturated rings. The monoisotopic (exact) mass is 361 g/mol. The average Bonchev–Trinajstić information content (AvgIpc) is 3.01. The first-order valence-electron chi connectivity index (χ1n) is 8.08. The van der Waals surface area contributed by atoms with Gasteiger partial charge >= 0.3 is 6.01 Å². The molecule has 25 heavy (non-hydrogen) atoms. The van der Waals surface area contributed by atoms with Gasteiger partial charge in [0.25, 0.3) is 5.91 Å². The number of rotatable bonds is 4. The number of methoxy groups -OCH3 is 1. The Morgan fingerprint density at radius 1 is 1.24 bits per heavy atom. The van der Waals surface area contributed by atoms with E-state index in [9.17, 15) is 4.79 Å². The number of carbonyl (C=O) groups is 1. The van der Waals surface area contributed by atoms with Crippen LogP contribution in [-0.2, 0) is 0 Å². The number of aromatic nitrogens is 2. The van der Waals surface area contributed by atoms with Crippen molar-refractivity contribution in [3.63, 3.8) is 0 Å². The zero-order valence-corrected chi connectivity index (χ0v) is 15.2. The molecule has 0 radical (unpaired) electrons. The van der Waals surface area contributed by atoms with E-state index in [4.69, 9.17) is 21.1 Å². The molecule has 7 heteroatoms. The van der Waals surface area contributed by atoms with E-state index in [-0.39, 0.29) is 12.0 Å². The molecule has 2 aromatic rings. The van der Waals surface area contributed by atoms with Gasteiger partial charge in [-0.15, -0.1) is 0 Å². The summed E-state index contributed by atoms with van der Waals surface area (Å²) in [6, 6.07) is 7.28. The maximum atomic E-state index is 12.8. The number of amides is 1. The highest BCUT2D eigenvalue weighted by molar-refractivity contribution is 6.31. The number of halogens is 1. The highest BCUT2D eigenvalue weighted by Gasteiger charge is 2.30. The quantitative estimate of drug-likeness (QED) is 0.837. The van der Waals surface area contributed by atoms with Gasteiger partial charge in [-0.2, -0.15) is 0 Å². The highest BCUT2D eigenvalue weighted by atomic mass is 35.5. The van der Waals surface area contributed by atoms with Gasteiger partial charge in [-0.25, -0.2) is 9.97 Å². The molecule has 1 aliphatic heterocycles. The Balaban J connectivity index is 1.70. The van der Waals surface area contributed by atoms with E-state index in [1.54, 1.807) is 23.1 Å². The van der Waals surface area contributed by atoms with Crippen molar-refractivity contribution in [2.45, 2.75) is 26.4 Å². The minimum atomic E-state index is -0.129. The lowest BCUT2D eigenvalue weighted by molar-refractivity contribution is 0.0766. The number of likely N-dealkylation sites (tertiary alicyclic amines) is 1. The van der Waals surface area contributed by atoms with E-state index in [2.05, 4.69) is 9.97 Å². The molecule has 0 bridgehead atoms. The molecule has 1 atom stereocenters. The van der Waals surface area contributed by atoms with Crippen LogP contribution in [0.3, 0.4) is 0 Å². The molecule has 1 aromatic heterocycles. The number of carbonyl (C=O) groups excluding carboxylic acids is 1. The Hall–Kier alpha value is -2.34. The Bertz CT molecular complexity index is 777. The fraction of sp³-hybridized carbons (Fsp3) is 0.389. The molecule has 0 saturated carbocycles. The zero-order chi connectivity index (χ0) is 18.0. The van der Waals surface area contributed by atoms with E-state index in [1.807, 2.05) is 19.9 Å². The van der Waals surface area contributed by atoms with E-state index in [1.165, 1.54) is 7.11 Å². The van der Waals surface area contributed by atoms with Crippen LogP contribution in [-0.4, -0.2) is 47.1 Å². The van der Waals surface area contributed by atoms with Crippen LogP contribution >= 0.6 is 11.6 Å². The molecule has 6 nitrogen and oxygen atoms in total. The van der Waals surface area contributed by atoms with Crippen LogP contribution in [0, 0.1) is 13.8 Å². The largest absolute Gasteiger partial charge is 0.496 e. The second-order valence-corrected chi connectivity index (χ2v) is 6.49. The lowest BCUT2D eigenvalue weighted by atomic mass is 10.1. The number of hydrogen-bond acceptors (Lipinski definition) is 5. The highest BCUT2D eigenvalue weighted by Crippen LogP contribution is 2.26. The van der Waals surface area contributed by atoms with Crippen molar-refractivity contribution in [1.82, 2.24) is 14.9 Å². The van der Waals surface area contributed by atoms with E-state index < -0.39 is 0 Å². The van der Waals surface area contributed by atoms with Crippen LogP contribution in [0.15, 0.2) is 24.3 Å². The molecule has 1 aliphatic rings. The summed E-state index contributed by atoms with van der Waals surface area (Å²) in [5.41, 5.74) is 2.17. The molecule has 132 valence electrons. The molecule has 1 unspecified atom stereocenters. The lowest BCUT2D eigenvalue weighted by Crippen LogP contribution is -2.31. The van der Waals surface area contributed by atoms with Crippen LogP contribution in [0.2, 0.25) is 5.02 Å². The molecule has 2 heterocycles. The minimum Gasteiger partial charge on any atom is -0.496 e. The smallest absolute Gasteiger partial charge is 0.317 e. The summed E-state index contributed by atoms with van der Waals surface area (Å²) in [6.45, 7) is 4.88. The van der Waals surface area contributed by atoms with Crippen LogP contribution in [0.5, 0.6) is 11.8 Å². The predicted molar refractivity (Wildman–Crippen MR) is 94.4 cm³/mol. The van der Waals surface area contributed by atoms with Crippen molar-refractivity contribution in [2.24, 2.45) is 0 Å². The van der Waals surface area contributed by atoms with E-state index in [0.717, 1.165) is 17.8 Å². The average molecular weight is 362 g/mol. The second-order valence-electron chi connectivity index (χ2n) is 6.06. The van der Waals surface area contributed by atoms with Gasteiger partial charge in [0.05, 0.1) is 19.2 Å². The van der Waals surface area contributed by atoms with Crippen LogP contribution in [0.25, 0.3) is 0 Å². The first-order valence-corrected chi connectivity index (χ1v) is 8.46. The summed E-state index contributed by atoms with van der Waals surface area (Å²) in [5, 5.41) is 0.500. The Labute approximate surface area is 151 Å². The first kappa shape index (κ1) is 17.5. The predicted octanol–water partition coefficient (Wildman–Crippen LogP) is 3.05. The van der Waals surface area contributed by atoms with Gasteiger partial charge in [0, 0.05) is 29.4 Å². The van der Waals surface area contributed by atoms with Gasteiger partial charge in [-0.1, -0.05) is 11.6 Å². The van der Waals surface area contributed by atoms with Crippen molar-refractivity contribution in [2.75, 3.05) is 20.2 Å². The lowest BCUT2D eigenvalue weighted by Gasteiger charge is -2.18. The summed E-state index contributed by atoms with van der Waals surface area (Å²) in [6.07, 6.45) is 0.598. The van der Waals surface area contributed by atoms with Gasteiger partial charge in [-0.3, -0.25) is 4.79 Å². The third kappa shape index (κ3) is 4.02. The van der Waals surface area contributed by atoms with E-state index in [0.29, 0.717) is 35.4 Å². The van der Waals surface area contributed by atoms with E-state index >= 15 is 0 Å². The van der Waals surface area contributed by atoms with Gasteiger partial charge in [0.15, 0.2) is 0 Å². The number of benzene rings is 1. The summed E-state index contributed by atoms with van der Waals surface area (Å²) in [4.78, 5) is 23.1. The second kappa shape index (κ2) is 7.27. The Morgan fingerprint density at radius 3 is 2.64 bits per heavy atom. The van der Waals surface area contributed by atoms with Gasteiger partial charge in [-0.05, 0) is 38.1 Å². The fourth-order valence-electron chi connectivity index (χ4n) is 2.92. The van der Waals surface area contributed by atoms with Crippen molar-refractivity contribution in [3.8, 4) is 11.8 Å². The van der Waals surface area contributed by atoms with Gasteiger partial charge in [0.2, 0.25) is 0 Å². The van der Waals surface area contributed by atoms with Crippen LogP contribution < -0.4 is 9.47 Å². The molecule has 1 amide bonds. The zero-order valence-electron chi connectivity index (χ0n) is 14.5. The third-order valence-electron chi connectivity index (χ3n) is 4.06. The van der Waals surface area contributed by atoms with Crippen LogP contribution in [0.4, 0.5) is 0 Å². The molecular weight excluding hydrogens is 342 g/mol. The molecule has 1 saturated heterocycles. The number of ether oxygens (including phenoxy) is 2. The molecular formula is C18H20ClN3O3. The van der Waals surface area contributed by atoms with Gasteiger partial charge < -0.3 is 14.4 Å². The third-order valence-corrected chi connectivity index (χ3v) is 4.29. The van der Waals surface area contributed by atoms with Gasteiger partial charge in [0.1, 0.15) is 11.9 Å². The number of nitrogens with zero attached hydrogens (tertiary/aromatic N) is 3.